The number of fused-ring (bicyclic) bond motifs is 1. The zero-order valence-electron chi connectivity index (χ0n) is 11.4. The van der Waals surface area contributed by atoms with Crippen molar-refractivity contribution in [1.29, 1.82) is 0 Å². The fourth-order valence-electron chi connectivity index (χ4n) is 2.20. The van der Waals surface area contributed by atoms with Crippen LogP contribution in [0.5, 0.6) is 0 Å². The lowest BCUT2D eigenvalue weighted by Crippen LogP contribution is -2.12. The maximum atomic E-state index is 12.3. The minimum absolute atomic E-state index is 0.108. The van der Waals surface area contributed by atoms with E-state index in [-0.39, 0.29) is 4.90 Å². The molecule has 6 nitrogen and oxygen atoms in total. The first-order valence-corrected chi connectivity index (χ1v) is 8.02. The Hall–Kier alpha value is -1.99. The second kappa shape index (κ2) is 4.78. The summed E-state index contributed by atoms with van der Waals surface area (Å²) in [6.07, 6.45) is 4.38. The van der Waals surface area contributed by atoms with E-state index >= 15 is 0 Å². The van der Waals surface area contributed by atoms with E-state index < -0.39 is 10.0 Å². The van der Waals surface area contributed by atoms with Gasteiger partial charge in [-0.15, -0.1) is 0 Å². The Labute approximate surface area is 126 Å². The van der Waals surface area contributed by atoms with Gasteiger partial charge in [0.25, 0.3) is 10.0 Å². The fraction of sp³-hybridized carbons (Fsp3) is 0.154. The predicted octanol–water partition coefficient (Wildman–Crippen LogP) is 2.66. The summed E-state index contributed by atoms with van der Waals surface area (Å²) in [6, 6.07) is 3.53. The molecule has 0 saturated carbocycles. The number of hydrogen-bond donors (Lipinski definition) is 2. The number of nitrogens with zero attached hydrogens (tertiary/aromatic N) is 2. The van der Waals surface area contributed by atoms with Crippen molar-refractivity contribution in [3.05, 3.63) is 41.3 Å². The van der Waals surface area contributed by atoms with Gasteiger partial charge in [-0.2, -0.15) is 5.10 Å². The Morgan fingerprint density at radius 2 is 2.14 bits per heavy atom. The first kappa shape index (κ1) is 14.0. The van der Waals surface area contributed by atoms with Crippen molar-refractivity contribution in [2.45, 2.75) is 11.8 Å². The van der Waals surface area contributed by atoms with Crippen LogP contribution >= 0.6 is 11.6 Å². The summed E-state index contributed by atoms with van der Waals surface area (Å²) < 4.78 is 28.7. The third-order valence-corrected chi connectivity index (χ3v) is 4.85. The van der Waals surface area contributed by atoms with E-state index in [0.717, 1.165) is 10.9 Å². The minimum atomic E-state index is -3.68. The van der Waals surface area contributed by atoms with Gasteiger partial charge in [0.1, 0.15) is 4.90 Å². The monoisotopic (exact) mass is 324 g/mol. The molecular formula is C13H13ClN4O2S. The van der Waals surface area contributed by atoms with Crippen LogP contribution in [0, 0.1) is 6.92 Å². The molecule has 3 rings (SSSR count). The number of aromatic nitrogens is 3. The van der Waals surface area contributed by atoms with E-state index in [2.05, 4.69) is 14.8 Å². The lowest BCUT2D eigenvalue weighted by Gasteiger charge is -2.09. The number of H-pyrrole nitrogens is 1. The van der Waals surface area contributed by atoms with Crippen LogP contribution in [0.15, 0.2) is 35.6 Å². The van der Waals surface area contributed by atoms with Crippen molar-refractivity contribution in [2.75, 3.05) is 4.72 Å². The van der Waals surface area contributed by atoms with Crippen molar-refractivity contribution in [3.63, 3.8) is 0 Å². The third kappa shape index (κ3) is 2.38. The van der Waals surface area contributed by atoms with Crippen molar-refractivity contribution >= 4 is 38.2 Å². The van der Waals surface area contributed by atoms with Crippen LogP contribution in [0.2, 0.25) is 5.02 Å². The number of nitrogens with one attached hydrogen (secondary N) is 2. The first-order chi connectivity index (χ1) is 9.88. The third-order valence-electron chi connectivity index (χ3n) is 3.23. The molecular weight excluding hydrogens is 312 g/mol. The highest BCUT2D eigenvalue weighted by Crippen LogP contribution is 2.32. The van der Waals surface area contributed by atoms with Gasteiger partial charge in [-0.3, -0.25) is 9.40 Å². The van der Waals surface area contributed by atoms with Gasteiger partial charge in [-0.05, 0) is 18.6 Å². The van der Waals surface area contributed by atoms with E-state index in [1.54, 1.807) is 19.3 Å². The molecule has 0 spiro atoms. The molecule has 0 radical (unpaired) electrons. The number of benzene rings is 1. The van der Waals surface area contributed by atoms with Crippen molar-refractivity contribution in [3.8, 4) is 0 Å². The first-order valence-electron chi connectivity index (χ1n) is 6.16. The number of rotatable bonds is 3. The van der Waals surface area contributed by atoms with Crippen LogP contribution in [0.3, 0.4) is 0 Å². The second-order valence-corrected chi connectivity index (χ2v) is 6.86. The fourth-order valence-corrected chi connectivity index (χ4v) is 3.55. The number of hydrogen-bond acceptors (Lipinski definition) is 3. The topological polar surface area (TPSA) is 79.8 Å². The van der Waals surface area contributed by atoms with Gasteiger partial charge in [-0.1, -0.05) is 17.7 Å². The quantitative estimate of drug-likeness (QED) is 0.777. The van der Waals surface area contributed by atoms with E-state index in [1.807, 2.05) is 13.0 Å². The van der Waals surface area contributed by atoms with Crippen molar-refractivity contribution in [2.24, 2.45) is 7.05 Å². The van der Waals surface area contributed by atoms with Gasteiger partial charge in [0.05, 0.1) is 22.4 Å². The molecule has 0 fully saturated rings. The van der Waals surface area contributed by atoms with Gasteiger partial charge in [-0.25, -0.2) is 8.42 Å². The Balaban J connectivity index is 2.08. The average Bonchev–Trinajstić information content (AvgIpc) is 3.00. The molecule has 8 heteroatoms. The van der Waals surface area contributed by atoms with Crippen LogP contribution in [0.1, 0.15) is 5.56 Å². The molecule has 0 unspecified atom stereocenters. The molecule has 2 aromatic heterocycles. The Kier molecular flexibility index (Phi) is 3.18. The highest BCUT2D eigenvalue weighted by molar-refractivity contribution is 7.92. The molecule has 0 saturated heterocycles. The molecule has 3 aromatic rings. The summed E-state index contributed by atoms with van der Waals surface area (Å²) in [7, 11) is -2.02. The van der Waals surface area contributed by atoms with Crippen molar-refractivity contribution in [1.82, 2.24) is 14.8 Å². The normalized spacial score (nSPS) is 12.0. The van der Waals surface area contributed by atoms with E-state index in [0.29, 0.717) is 16.2 Å². The van der Waals surface area contributed by atoms with Gasteiger partial charge in [0.15, 0.2) is 0 Å². The number of sulfonamides is 1. The van der Waals surface area contributed by atoms with Crippen LogP contribution in [-0.2, 0) is 17.1 Å². The average molecular weight is 325 g/mol. The summed E-state index contributed by atoms with van der Waals surface area (Å²) in [5, 5.41) is 5.24. The summed E-state index contributed by atoms with van der Waals surface area (Å²) in [5.74, 6) is 0. The van der Waals surface area contributed by atoms with Gasteiger partial charge in [0, 0.05) is 24.8 Å². The number of anilines is 1. The number of aromatic amines is 1. The largest absolute Gasteiger partial charge is 0.358 e. The number of aryl methyl sites for hydroxylation is 2. The summed E-state index contributed by atoms with van der Waals surface area (Å²) >= 11 is 6.12. The van der Waals surface area contributed by atoms with Gasteiger partial charge in [0.2, 0.25) is 0 Å². The molecule has 21 heavy (non-hydrogen) atoms. The molecule has 110 valence electrons. The molecule has 0 aliphatic heterocycles. The minimum Gasteiger partial charge on any atom is -0.358 e. The second-order valence-electron chi connectivity index (χ2n) is 4.77. The Bertz CT molecular complexity index is 927. The highest BCUT2D eigenvalue weighted by atomic mass is 35.5. The Morgan fingerprint density at radius 3 is 2.81 bits per heavy atom. The standard InChI is InChI=1S/C13H13ClN4O2S/c1-8-3-4-11(13-12(8)10(14)6-15-13)17-21(19,20)9-5-16-18(2)7-9/h3-7,15,17H,1-2H3. The molecule has 1 aromatic carbocycles. The summed E-state index contributed by atoms with van der Waals surface area (Å²) in [5.41, 5.74) is 2.08. The maximum Gasteiger partial charge on any atom is 0.265 e. The Morgan fingerprint density at radius 1 is 1.38 bits per heavy atom. The molecule has 0 amide bonds. The van der Waals surface area contributed by atoms with E-state index in [4.69, 9.17) is 11.6 Å². The zero-order valence-corrected chi connectivity index (χ0v) is 13.0. The maximum absolute atomic E-state index is 12.3. The highest BCUT2D eigenvalue weighted by Gasteiger charge is 2.18. The van der Waals surface area contributed by atoms with Crippen LogP contribution < -0.4 is 4.72 Å². The molecule has 0 bridgehead atoms. The van der Waals surface area contributed by atoms with Gasteiger partial charge < -0.3 is 4.98 Å². The van der Waals surface area contributed by atoms with Crippen LogP contribution in [0.4, 0.5) is 5.69 Å². The SMILES string of the molecule is Cc1ccc(NS(=O)(=O)c2cnn(C)c2)c2[nH]cc(Cl)c12. The van der Waals surface area contributed by atoms with Crippen LogP contribution in [-0.4, -0.2) is 23.2 Å². The predicted molar refractivity (Wildman–Crippen MR) is 82.1 cm³/mol. The van der Waals surface area contributed by atoms with Crippen molar-refractivity contribution < 1.29 is 8.42 Å². The smallest absolute Gasteiger partial charge is 0.265 e. The molecule has 2 N–H and O–H groups in total. The lowest BCUT2D eigenvalue weighted by molar-refractivity contribution is 0.601. The molecule has 0 aliphatic carbocycles. The summed E-state index contributed by atoms with van der Waals surface area (Å²) in [6.45, 7) is 1.92. The number of halogens is 1. The molecule has 0 atom stereocenters. The van der Waals surface area contributed by atoms with E-state index in [9.17, 15) is 8.42 Å². The van der Waals surface area contributed by atoms with E-state index in [1.165, 1.54) is 17.1 Å². The lowest BCUT2D eigenvalue weighted by atomic mass is 10.1. The van der Waals surface area contributed by atoms with Gasteiger partial charge >= 0.3 is 0 Å². The van der Waals surface area contributed by atoms with Crippen LogP contribution in [0.25, 0.3) is 10.9 Å². The summed E-state index contributed by atoms with van der Waals surface area (Å²) in [4.78, 5) is 3.10. The molecule has 0 aliphatic rings. The zero-order chi connectivity index (χ0) is 15.2. The molecule has 2 heterocycles.